The third-order valence-corrected chi connectivity index (χ3v) is 4.46. The summed E-state index contributed by atoms with van der Waals surface area (Å²) >= 11 is 0. The maximum absolute atomic E-state index is 12.2. The summed E-state index contributed by atoms with van der Waals surface area (Å²) < 4.78 is 16.0. The molecule has 1 aromatic rings. The zero-order chi connectivity index (χ0) is 16.7. The Morgan fingerprint density at radius 3 is 2.22 bits per heavy atom. The van der Waals surface area contributed by atoms with Crippen LogP contribution >= 0.6 is 0 Å². The number of rotatable bonds is 7. The number of hydrogen-bond donors (Lipinski definition) is 1. The number of benzene rings is 1. The molecule has 0 radical (unpaired) electrons. The molecule has 2 rings (SSSR count). The highest BCUT2D eigenvalue weighted by Crippen LogP contribution is 2.34. The van der Waals surface area contributed by atoms with Crippen molar-refractivity contribution in [1.82, 2.24) is 5.32 Å². The second-order valence-electron chi connectivity index (χ2n) is 6.00. The first-order valence-corrected chi connectivity index (χ1v) is 8.23. The summed E-state index contributed by atoms with van der Waals surface area (Å²) in [6, 6.07) is 3.63. The molecule has 1 amide bonds. The van der Waals surface area contributed by atoms with Crippen LogP contribution in [0.1, 0.15) is 44.1 Å². The molecular weight excluding hydrogens is 294 g/mol. The minimum absolute atomic E-state index is 0.105. The summed E-state index contributed by atoms with van der Waals surface area (Å²) in [6.45, 7) is 0.426. The minimum Gasteiger partial charge on any atom is -0.496 e. The van der Waals surface area contributed by atoms with Crippen molar-refractivity contribution < 1.29 is 19.0 Å². The predicted octanol–water partition coefficient (Wildman–Crippen LogP) is 3.30. The molecule has 0 heterocycles. The van der Waals surface area contributed by atoms with E-state index >= 15 is 0 Å². The summed E-state index contributed by atoms with van der Waals surface area (Å²) in [5.74, 6) is 2.57. The summed E-state index contributed by atoms with van der Waals surface area (Å²) in [6.07, 6.45) is 6.78. The van der Waals surface area contributed by atoms with Gasteiger partial charge in [0.2, 0.25) is 5.91 Å². The predicted molar refractivity (Wildman–Crippen MR) is 89.1 cm³/mol. The van der Waals surface area contributed by atoms with E-state index in [2.05, 4.69) is 5.32 Å². The number of methoxy groups -OCH3 is 3. The van der Waals surface area contributed by atoms with Gasteiger partial charge in [0.15, 0.2) is 11.5 Å². The van der Waals surface area contributed by atoms with E-state index in [-0.39, 0.29) is 5.91 Å². The molecule has 0 unspecified atom stereocenters. The van der Waals surface area contributed by atoms with Crippen LogP contribution in [0.15, 0.2) is 12.1 Å². The molecule has 128 valence electrons. The Hall–Kier alpha value is -1.91. The van der Waals surface area contributed by atoms with Gasteiger partial charge in [-0.1, -0.05) is 19.3 Å². The van der Waals surface area contributed by atoms with Crippen LogP contribution in [-0.4, -0.2) is 27.2 Å². The first-order valence-electron chi connectivity index (χ1n) is 8.23. The molecule has 1 saturated carbocycles. The molecule has 0 spiro atoms. The number of nitrogens with one attached hydrogen (secondary N) is 1. The zero-order valence-corrected chi connectivity index (χ0v) is 14.3. The largest absolute Gasteiger partial charge is 0.496 e. The minimum atomic E-state index is 0.105. The van der Waals surface area contributed by atoms with E-state index in [0.29, 0.717) is 36.1 Å². The van der Waals surface area contributed by atoms with Gasteiger partial charge in [-0.15, -0.1) is 0 Å². The molecule has 5 heteroatoms. The van der Waals surface area contributed by atoms with Crippen molar-refractivity contribution in [1.29, 1.82) is 0 Å². The van der Waals surface area contributed by atoms with E-state index in [0.717, 1.165) is 5.56 Å². The average molecular weight is 321 g/mol. The smallest absolute Gasteiger partial charge is 0.220 e. The second-order valence-corrected chi connectivity index (χ2v) is 6.00. The molecule has 1 N–H and O–H groups in total. The molecule has 0 aliphatic heterocycles. The summed E-state index contributed by atoms with van der Waals surface area (Å²) in [5.41, 5.74) is 0.877. The molecule has 5 nitrogen and oxygen atoms in total. The Balaban J connectivity index is 1.97. The van der Waals surface area contributed by atoms with Gasteiger partial charge >= 0.3 is 0 Å². The lowest BCUT2D eigenvalue weighted by Gasteiger charge is -2.21. The van der Waals surface area contributed by atoms with Gasteiger partial charge in [0.05, 0.1) is 21.3 Å². The monoisotopic (exact) mass is 321 g/mol. The number of ether oxygens (including phenoxy) is 3. The van der Waals surface area contributed by atoms with Gasteiger partial charge in [-0.2, -0.15) is 0 Å². The number of carbonyl (C=O) groups is 1. The van der Waals surface area contributed by atoms with E-state index in [4.69, 9.17) is 14.2 Å². The quantitative estimate of drug-likeness (QED) is 0.837. The van der Waals surface area contributed by atoms with Crippen LogP contribution in [0.2, 0.25) is 0 Å². The summed E-state index contributed by atoms with van der Waals surface area (Å²) in [7, 11) is 4.79. The highest BCUT2D eigenvalue weighted by molar-refractivity contribution is 5.76. The average Bonchev–Trinajstić information content (AvgIpc) is 2.59. The fourth-order valence-electron chi connectivity index (χ4n) is 3.15. The lowest BCUT2D eigenvalue weighted by atomic mass is 9.87. The van der Waals surface area contributed by atoms with Gasteiger partial charge in [0, 0.05) is 24.6 Å². The van der Waals surface area contributed by atoms with Crippen LogP contribution in [0, 0.1) is 5.92 Å². The zero-order valence-electron chi connectivity index (χ0n) is 14.3. The van der Waals surface area contributed by atoms with Crippen LogP contribution in [0.4, 0.5) is 0 Å². The van der Waals surface area contributed by atoms with E-state index in [1.165, 1.54) is 32.1 Å². The number of hydrogen-bond acceptors (Lipinski definition) is 4. The molecular formula is C18H27NO4. The van der Waals surface area contributed by atoms with Crippen LogP contribution in [-0.2, 0) is 11.3 Å². The maximum Gasteiger partial charge on any atom is 0.220 e. The van der Waals surface area contributed by atoms with Gasteiger partial charge in [0.1, 0.15) is 5.75 Å². The molecule has 1 aliphatic carbocycles. The van der Waals surface area contributed by atoms with E-state index in [1.54, 1.807) is 27.4 Å². The maximum atomic E-state index is 12.2. The van der Waals surface area contributed by atoms with Gasteiger partial charge < -0.3 is 19.5 Å². The van der Waals surface area contributed by atoms with Gasteiger partial charge in [-0.25, -0.2) is 0 Å². The third kappa shape index (κ3) is 4.78. The first-order chi connectivity index (χ1) is 11.2. The topological polar surface area (TPSA) is 56.8 Å². The Morgan fingerprint density at radius 1 is 1.00 bits per heavy atom. The highest BCUT2D eigenvalue weighted by atomic mass is 16.5. The molecule has 1 aliphatic rings. The fraction of sp³-hybridized carbons (Fsp3) is 0.611. The standard InChI is InChI=1S/C18H27NO4/c1-21-15-11-17(23-3)16(22-2)10-14(15)12-19-18(20)9-13-7-5-4-6-8-13/h10-11,13H,4-9,12H2,1-3H3,(H,19,20). The van der Waals surface area contributed by atoms with Crippen LogP contribution in [0.5, 0.6) is 17.2 Å². The third-order valence-electron chi connectivity index (χ3n) is 4.46. The summed E-state index contributed by atoms with van der Waals surface area (Å²) in [5, 5.41) is 2.99. The Bertz CT molecular complexity index is 524. The van der Waals surface area contributed by atoms with Crippen molar-refractivity contribution >= 4 is 5.91 Å². The van der Waals surface area contributed by atoms with Gasteiger partial charge in [0.25, 0.3) is 0 Å². The van der Waals surface area contributed by atoms with Crippen molar-refractivity contribution in [3.63, 3.8) is 0 Å². The molecule has 0 aromatic heterocycles. The molecule has 0 atom stereocenters. The lowest BCUT2D eigenvalue weighted by molar-refractivity contribution is -0.122. The normalized spacial score (nSPS) is 15.1. The van der Waals surface area contributed by atoms with E-state index in [1.807, 2.05) is 6.07 Å². The van der Waals surface area contributed by atoms with E-state index in [9.17, 15) is 4.79 Å². The van der Waals surface area contributed by atoms with Crippen molar-refractivity contribution in [3.05, 3.63) is 17.7 Å². The van der Waals surface area contributed by atoms with E-state index < -0.39 is 0 Å². The Kier molecular flexibility index (Phi) is 6.56. The molecule has 1 aromatic carbocycles. The van der Waals surface area contributed by atoms with Crippen molar-refractivity contribution in [2.24, 2.45) is 5.92 Å². The summed E-state index contributed by atoms with van der Waals surface area (Å²) in [4.78, 5) is 12.2. The SMILES string of the molecule is COc1cc(OC)c(OC)cc1CNC(=O)CC1CCCCC1. The van der Waals surface area contributed by atoms with Crippen LogP contribution in [0.3, 0.4) is 0 Å². The Morgan fingerprint density at radius 2 is 1.61 bits per heavy atom. The fourth-order valence-corrected chi connectivity index (χ4v) is 3.15. The van der Waals surface area contributed by atoms with Crippen molar-refractivity contribution in [3.8, 4) is 17.2 Å². The lowest BCUT2D eigenvalue weighted by Crippen LogP contribution is -2.26. The highest BCUT2D eigenvalue weighted by Gasteiger charge is 2.18. The molecule has 1 fully saturated rings. The number of carbonyl (C=O) groups excluding carboxylic acids is 1. The van der Waals surface area contributed by atoms with Crippen molar-refractivity contribution in [2.75, 3.05) is 21.3 Å². The molecule has 0 saturated heterocycles. The van der Waals surface area contributed by atoms with Gasteiger partial charge in [-0.3, -0.25) is 4.79 Å². The molecule has 0 bridgehead atoms. The molecule has 23 heavy (non-hydrogen) atoms. The van der Waals surface area contributed by atoms with Crippen LogP contribution < -0.4 is 19.5 Å². The van der Waals surface area contributed by atoms with Crippen molar-refractivity contribution in [2.45, 2.75) is 45.1 Å². The van der Waals surface area contributed by atoms with Crippen LogP contribution in [0.25, 0.3) is 0 Å². The Labute approximate surface area is 138 Å². The second kappa shape index (κ2) is 8.65. The first kappa shape index (κ1) is 17.4. The number of amides is 1. The van der Waals surface area contributed by atoms with Gasteiger partial charge in [-0.05, 0) is 24.8 Å².